The molecule has 0 radical (unpaired) electrons. The third-order valence-corrected chi connectivity index (χ3v) is 6.98. The van der Waals surface area contributed by atoms with E-state index in [4.69, 9.17) is 0 Å². The molecule has 4 rings (SSSR count). The lowest BCUT2D eigenvalue weighted by Gasteiger charge is -2.33. The second-order valence-electron chi connectivity index (χ2n) is 8.77. The van der Waals surface area contributed by atoms with Crippen LogP contribution in [0.4, 0.5) is 0 Å². The zero-order valence-corrected chi connectivity index (χ0v) is 17.7. The van der Waals surface area contributed by atoms with Crippen LogP contribution in [0.25, 0.3) is 10.9 Å². The number of aryl methyl sites for hydroxylation is 1. The van der Waals surface area contributed by atoms with Crippen molar-refractivity contribution in [1.29, 1.82) is 0 Å². The number of hydrogen-bond acceptors (Lipinski definition) is 3. The molecule has 1 aliphatic rings. The third-order valence-electron chi connectivity index (χ3n) is 5.93. The van der Waals surface area contributed by atoms with Crippen molar-refractivity contribution in [2.45, 2.75) is 47.0 Å². The maximum atomic E-state index is 12.7. The van der Waals surface area contributed by atoms with E-state index in [1.54, 1.807) is 17.6 Å². The number of carbonyl (C=O) groups is 1. The summed E-state index contributed by atoms with van der Waals surface area (Å²) in [6.07, 6.45) is 4.94. The van der Waals surface area contributed by atoms with Crippen LogP contribution in [0, 0.1) is 18.3 Å². The molecule has 0 spiro atoms. The summed E-state index contributed by atoms with van der Waals surface area (Å²) >= 11 is 1.72. The van der Waals surface area contributed by atoms with E-state index >= 15 is 0 Å². The SMILES string of the molecule is Cc1[nH]c2ccccc2c1/C=N/NC(=O)c1csc2c1CCC(C(C)(C)C)C2. The zero-order valence-electron chi connectivity index (χ0n) is 16.9. The van der Waals surface area contributed by atoms with Crippen molar-refractivity contribution in [1.82, 2.24) is 10.4 Å². The Bertz CT molecular complexity index is 1050. The lowest BCUT2D eigenvalue weighted by atomic mass is 9.72. The Morgan fingerprint density at radius 3 is 2.89 bits per heavy atom. The van der Waals surface area contributed by atoms with E-state index < -0.39 is 0 Å². The summed E-state index contributed by atoms with van der Waals surface area (Å²) in [5.41, 5.74) is 8.19. The van der Waals surface area contributed by atoms with Gasteiger partial charge in [0.2, 0.25) is 0 Å². The molecule has 1 aliphatic carbocycles. The first kappa shape index (κ1) is 18.9. The molecular formula is C23H27N3OS. The highest BCUT2D eigenvalue weighted by atomic mass is 32.1. The Balaban J connectivity index is 1.49. The summed E-state index contributed by atoms with van der Waals surface area (Å²) in [7, 11) is 0. The molecule has 5 heteroatoms. The molecule has 1 atom stereocenters. The van der Waals surface area contributed by atoms with Gasteiger partial charge in [0.1, 0.15) is 0 Å². The van der Waals surface area contributed by atoms with Crippen LogP contribution >= 0.6 is 11.3 Å². The van der Waals surface area contributed by atoms with Crippen molar-refractivity contribution in [2.24, 2.45) is 16.4 Å². The predicted molar refractivity (Wildman–Crippen MR) is 117 cm³/mol. The van der Waals surface area contributed by atoms with Crippen LogP contribution < -0.4 is 5.43 Å². The number of rotatable bonds is 3. The Morgan fingerprint density at radius 1 is 1.32 bits per heavy atom. The first-order chi connectivity index (χ1) is 13.3. The average molecular weight is 394 g/mol. The molecule has 2 heterocycles. The highest BCUT2D eigenvalue weighted by Gasteiger charge is 2.31. The van der Waals surface area contributed by atoms with Crippen molar-refractivity contribution < 1.29 is 4.79 Å². The van der Waals surface area contributed by atoms with Gasteiger partial charge in [0.25, 0.3) is 5.91 Å². The van der Waals surface area contributed by atoms with Gasteiger partial charge in [-0.1, -0.05) is 39.0 Å². The summed E-state index contributed by atoms with van der Waals surface area (Å²) in [4.78, 5) is 17.4. The Hall–Kier alpha value is -2.40. The van der Waals surface area contributed by atoms with Crippen molar-refractivity contribution >= 4 is 34.4 Å². The number of aromatic nitrogens is 1. The molecule has 28 heavy (non-hydrogen) atoms. The van der Waals surface area contributed by atoms with E-state index in [0.717, 1.165) is 47.0 Å². The fourth-order valence-electron chi connectivity index (χ4n) is 4.12. The van der Waals surface area contributed by atoms with E-state index in [1.807, 2.05) is 30.5 Å². The van der Waals surface area contributed by atoms with E-state index in [1.165, 1.54) is 10.4 Å². The topological polar surface area (TPSA) is 57.2 Å². The predicted octanol–water partition coefficient (Wildman–Crippen LogP) is 5.45. The number of thiophene rings is 1. The van der Waals surface area contributed by atoms with Crippen LogP contribution in [0.3, 0.4) is 0 Å². The first-order valence-electron chi connectivity index (χ1n) is 9.84. The minimum atomic E-state index is -0.111. The lowest BCUT2D eigenvalue weighted by molar-refractivity contribution is 0.0954. The number of H-pyrrole nitrogens is 1. The number of nitrogens with one attached hydrogen (secondary N) is 2. The molecule has 2 aromatic heterocycles. The van der Waals surface area contributed by atoms with Gasteiger partial charge in [-0.25, -0.2) is 5.43 Å². The fraction of sp³-hybridized carbons (Fsp3) is 0.391. The molecule has 0 saturated carbocycles. The molecule has 2 N–H and O–H groups in total. The number of hydrogen-bond donors (Lipinski definition) is 2. The summed E-state index contributed by atoms with van der Waals surface area (Å²) in [6.45, 7) is 8.95. The first-order valence-corrected chi connectivity index (χ1v) is 10.7. The molecule has 146 valence electrons. The smallest absolute Gasteiger partial charge is 0.272 e. The maximum Gasteiger partial charge on any atom is 0.272 e. The van der Waals surface area contributed by atoms with Gasteiger partial charge in [0, 0.05) is 32.4 Å². The maximum absolute atomic E-state index is 12.7. The summed E-state index contributed by atoms with van der Waals surface area (Å²) in [5.74, 6) is 0.567. The third kappa shape index (κ3) is 3.51. The Labute approximate surface area is 170 Å². The molecule has 0 fully saturated rings. The molecule has 4 nitrogen and oxygen atoms in total. The van der Waals surface area contributed by atoms with Crippen LogP contribution in [-0.4, -0.2) is 17.1 Å². The standard InChI is InChI=1S/C23H27N3OS/c1-14-18(16-7-5-6-8-20(16)25-14)12-24-26-22(27)19-13-28-21-11-15(23(2,3)4)9-10-17(19)21/h5-8,12-13,15,25H,9-11H2,1-4H3,(H,26,27)/b24-12+. The van der Waals surface area contributed by atoms with Crippen LogP contribution in [0.15, 0.2) is 34.7 Å². The van der Waals surface area contributed by atoms with E-state index in [2.05, 4.69) is 42.3 Å². The number of nitrogens with zero attached hydrogens (tertiary/aromatic N) is 1. The number of amides is 1. The number of hydrazone groups is 1. The normalized spacial score (nSPS) is 17.2. The van der Waals surface area contributed by atoms with Crippen LogP contribution in [0.2, 0.25) is 0 Å². The highest BCUT2D eigenvalue weighted by Crippen LogP contribution is 2.40. The quantitative estimate of drug-likeness (QED) is 0.451. The Kier molecular flexibility index (Phi) is 4.88. The molecule has 1 amide bonds. The van der Waals surface area contributed by atoms with Crippen LogP contribution in [0.1, 0.15) is 59.2 Å². The lowest BCUT2D eigenvalue weighted by Crippen LogP contribution is -2.27. The van der Waals surface area contributed by atoms with E-state index in [9.17, 15) is 4.79 Å². The molecule has 0 aliphatic heterocycles. The van der Waals surface area contributed by atoms with Crippen LogP contribution in [-0.2, 0) is 12.8 Å². The second kappa shape index (κ2) is 7.21. The summed E-state index contributed by atoms with van der Waals surface area (Å²) < 4.78 is 0. The molecule has 0 saturated heterocycles. The Morgan fingerprint density at radius 2 is 2.11 bits per heavy atom. The van der Waals surface area contributed by atoms with Gasteiger partial charge >= 0.3 is 0 Å². The summed E-state index contributed by atoms with van der Waals surface area (Å²) in [6, 6.07) is 8.11. The van der Waals surface area contributed by atoms with Gasteiger partial charge in [0.05, 0.1) is 11.8 Å². The molecule has 1 unspecified atom stereocenters. The molecule has 3 aromatic rings. The van der Waals surface area contributed by atoms with Gasteiger partial charge in [-0.3, -0.25) is 4.79 Å². The largest absolute Gasteiger partial charge is 0.358 e. The van der Waals surface area contributed by atoms with Gasteiger partial charge in [-0.2, -0.15) is 5.10 Å². The summed E-state index contributed by atoms with van der Waals surface area (Å²) in [5, 5.41) is 7.35. The van der Waals surface area contributed by atoms with Crippen molar-refractivity contribution in [3.05, 3.63) is 56.9 Å². The molecule has 0 bridgehead atoms. The van der Waals surface area contributed by atoms with E-state index in [0.29, 0.717) is 11.3 Å². The second-order valence-corrected chi connectivity index (χ2v) is 9.73. The van der Waals surface area contributed by atoms with Crippen LogP contribution in [0.5, 0.6) is 0 Å². The molecule has 1 aromatic carbocycles. The van der Waals surface area contributed by atoms with Gasteiger partial charge in [-0.15, -0.1) is 11.3 Å². The van der Waals surface area contributed by atoms with Gasteiger partial charge in [0.15, 0.2) is 0 Å². The highest BCUT2D eigenvalue weighted by molar-refractivity contribution is 7.10. The van der Waals surface area contributed by atoms with Gasteiger partial charge < -0.3 is 4.98 Å². The number of fused-ring (bicyclic) bond motifs is 2. The van der Waals surface area contributed by atoms with E-state index in [-0.39, 0.29) is 5.91 Å². The van der Waals surface area contributed by atoms with Crippen molar-refractivity contribution in [3.63, 3.8) is 0 Å². The minimum absolute atomic E-state index is 0.111. The fourth-order valence-corrected chi connectivity index (χ4v) is 5.28. The number of para-hydroxylation sites is 1. The number of benzene rings is 1. The number of carbonyl (C=O) groups excluding carboxylic acids is 1. The zero-order chi connectivity index (χ0) is 19.9. The van der Waals surface area contributed by atoms with Crippen molar-refractivity contribution in [3.8, 4) is 0 Å². The average Bonchev–Trinajstić information content (AvgIpc) is 3.21. The van der Waals surface area contributed by atoms with Gasteiger partial charge in [-0.05, 0) is 49.1 Å². The van der Waals surface area contributed by atoms with Crippen molar-refractivity contribution in [2.75, 3.05) is 0 Å². The minimum Gasteiger partial charge on any atom is -0.358 e. The number of aromatic amines is 1. The monoisotopic (exact) mass is 393 g/mol. The molecular weight excluding hydrogens is 366 g/mol.